The third-order valence-electron chi connectivity index (χ3n) is 4.26. The van der Waals surface area contributed by atoms with Crippen molar-refractivity contribution in [3.63, 3.8) is 0 Å². The first kappa shape index (κ1) is 17.8. The van der Waals surface area contributed by atoms with Crippen LogP contribution in [0.15, 0.2) is 24.3 Å². The van der Waals surface area contributed by atoms with Gasteiger partial charge in [0.1, 0.15) is 12.4 Å². The van der Waals surface area contributed by atoms with E-state index >= 15 is 0 Å². The van der Waals surface area contributed by atoms with Crippen LogP contribution in [0, 0.1) is 0 Å². The van der Waals surface area contributed by atoms with Crippen LogP contribution in [0.4, 0.5) is 4.79 Å². The molecule has 0 aromatic heterocycles. The van der Waals surface area contributed by atoms with E-state index in [1.165, 1.54) is 4.90 Å². The molecule has 0 bridgehead atoms. The van der Waals surface area contributed by atoms with Crippen LogP contribution in [0.3, 0.4) is 0 Å². The Balaban J connectivity index is 1.58. The molecule has 3 amide bonds. The zero-order valence-corrected chi connectivity index (χ0v) is 14.8. The minimum absolute atomic E-state index is 0.0994. The Morgan fingerprint density at radius 2 is 2.00 bits per heavy atom. The molecule has 0 N–H and O–H groups in total. The predicted molar refractivity (Wildman–Crippen MR) is 92.8 cm³/mol. The molecule has 2 saturated heterocycles. The molecule has 3 rings (SSSR count). The summed E-state index contributed by atoms with van der Waals surface area (Å²) in [7, 11) is 1.61. The molecule has 0 spiro atoms. The maximum atomic E-state index is 12.6. The lowest BCUT2D eigenvalue weighted by Gasteiger charge is -2.22. The van der Waals surface area contributed by atoms with Crippen molar-refractivity contribution in [1.82, 2.24) is 9.80 Å². The number of imide groups is 1. The first-order chi connectivity index (χ1) is 12.1. The molecule has 1 aromatic rings. The van der Waals surface area contributed by atoms with E-state index in [1.807, 2.05) is 0 Å². The molecule has 7 nitrogen and oxygen atoms in total. The van der Waals surface area contributed by atoms with Gasteiger partial charge in [0, 0.05) is 25.8 Å². The Morgan fingerprint density at radius 3 is 2.64 bits per heavy atom. The SMILES string of the molecule is COCCOc1ccc(C(=O)N2CCC(N3C(=O)CSC3=O)C2)cc1. The molecule has 2 heterocycles. The number of hydrogen-bond acceptors (Lipinski definition) is 6. The quantitative estimate of drug-likeness (QED) is 0.714. The molecule has 1 atom stereocenters. The largest absolute Gasteiger partial charge is 0.491 e. The molecule has 2 aliphatic rings. The van der Waals surface area contributed by atoms with E-state index in [9.17, 15) is 14.4 Å². The molecule has 0 saturated carbocycles. The Labute approximate surface area is 150 Å². The zero-order chi connectivity index (χ0) is 17.8. The maximum Gasteiger partial charge on any atom is 0.289 e. The van der Waals surface area contributed by atoms with Crippen LogP contribution >= 0.6 is 11.8 Å². The number of likely N-dealkylation sites (tertiary alicyclic amines) is 1. The Kier molecular flexibility index (Phi) is 5.60. The second-order valence-electron chi connectivity index (χ2n) is 5.88. The summed E-state index contributed by atoms with van der Waals surface area (Å²) >= 11 is 1.03. The van der Waals surface area contributed by atoms with Gasteiger partial charge in [-0.2, -0.15) is 0 Å². The second kappa shape index (κ2) is 7.88. The number of thioether (sulfide) groups is 1. The number of methoxy groups -OCH3 is 1. The molecule has 2 fully saturated rings. The molecular formula is C17H20N2O5S. The topological polar surface area (TPSA) is 76.2 Å². The summed E-state index contributed by atoms with van der Waals surface area (Å²) in [6.07, 6.45) is 0.627. The molecule has 1 unspecified atom stereocenters. The van der Waals surface area contributed by atoms with Gasteiger partial charge in [-0.25, -0.2) is 0 Å². The number of amides is 3. The molecular weight excluding hydrogens is 344 g/mol. The highest BCUT2D eigenvalue weighted by Crippen LogP contribution is 2.27. The number of benzene rings is 1. The van der Waals surface area contributed by atoms with E-state index in [2.05, 4.69) is 0 Å². The van der Waals surface area contributed by atoms with Crippen molar-refractivity contribution in [2.24, 2.45) is 0 Å². The molecule has 8 heteroatoms. The smallest absolute Gasteiger partial charge is 0.289 e. The highest BCUT2D eigenvalue weighted by Gasteiger charge is 2.40. The first-order valence-electron chi connectivity index (χ1n) is 8.10. The van der Waals surface area contributed by atoms with Crippen molar-refractivity contribution in [1.29, 1.82) is 0 Å². The summed E-state index contributed by atoms with van der Waals surface area (Å²) < 4.78 is 10.4. The summed E-state index contributed by atoms with van der Waals surface area (Å²) in [5.41, 5.74) is 0.563. The minimum atomic E-state index is -0.212. The molecule has 0 radical (unpaired) electrons. The number of ether oxygens (including phenoxy) is 2. The second-order valence-corrected chi connectivity index (χ2v) is 6.80. The van der Waals surface area contributed by atoms with Gasteiger partial charge in [0.05, 0.1) is 18.4 Å². The van der Waals surface area contributed by atoms with E-state index in [0.29, 0.717) is 44.0 Å². The fourth-order valence-corrected chi connectivity index (χ4v) is 3.75. The van der Waals surface area contributed by atoms with E-state index in [0.717, 1.165) is 11.8 Å². The molecule has 2 aliphatic heterocycles. The summed E-state index contributed by atoms with van der Waals surface area (Å²) in [5.74, 6) is 0.621. The third-order valence-corrected chi connectivity index (χ3v) is 5.09. The molecule has 0 aliphatic carbocycles. The Hall–Kier alpha value is -2.06. The third kappa shape index (κ3) is 3.96. The number of hydrogen-bond donors (Lipinski definition) is 0. The number of carbonyl (C=O) groups excluding carboxylic acids is 3. The van der Waals surface area contributed by atoms with Gasteiger partial charge in [0.15, 0.2) is 0 Å². The predicted octanol–water partition coefficient (Wildman–Crippen LogP) is 1.62. The van der Waals surface area contributed by atoms with Crippen molar-refractivity contribution in [2.45, 2.75) is 12.5 Å². The van der Waals surface area contributed by atoms with Crippen LogP contribution < -0.4 is 4.74 Å². The van der Waals surface area contributed by atoms with E-state index in [1.54, 1.807) is 36.3 Å². The van der Waals surface area contributed by atoms with Crippen molar-refractivity contribution in [3.05, 3.63) is 29.8 Å². The zero-order valence-electron chi connectivity index (χ0n) is 14.0. The van der Waals surface area contributed by atoms with Gasteiger partial charge in [-0.1, -0.05) is 11.8 Å². The molecule has 1 aromatic carbocycles. The van der Waals surface area contributed by atoms with Gasteiger partial charge >= 0.3 is 0 Å². The van der Waals surface area contributed by atoms with Crippen LogP contribution in [0.25, 0.3) is 0 Å². The van der Waals surface area contributed by atoms with Crippen molar-refractivity contribution >= 4 is 28.8 Å². The Morgan fingerprint density at radius 1 is 1.24 bits per heavy atom. The normalized spacial score (nSPS) is 20.4. The van der Waals surface area contributed by atoms with Gasteiger partial charge in [0.25, 0.3) is 11.1 Å². The Bertz CT molecular complexity index is 648. The summed E-state index contributed by atoms with van der Waals surface area (Å²) in [4.78, 5) is 39.2. The van der Waals surface area contributed by atoms with Crippen LogP contribution in [-0.4, -0.2) is 72.1 Å². The van der Waals surface area contributed by atoms with E-state index in [4.69, 9.17) is 9.47 Å². The lowest BCUT2D eigenvalue weighted by molar-refractivity contribution is -0.126. The average Bonchev–Trinajstić information content (AvgIpc) is 3.22. The fourth-order valence-electron chi connectivity index (χ4n) is 2.97. The van der Waals surface area contributed by atoms with Gasteiger partial charge in [-0.3, -0.25) is 19.3 Å². The van der Waals surface area contributed by atoms with Crippen LogP contribution in [0.5, 0.6) is 5.75 Å². The van der Waals surface area contributed by atoms with Crippen molar-refractivity contribution in [3.8, 4) is 5.75 Å². The number of nitrogens with zero attached hydrogens (tertiary/aromatic N) is 2. The van der Waals surface area contributed by atoms with Crippen LogP contribution in [-0.2, 0) is 9.53 Å². The molecule has 134 valence electrons. The average molecular weight is 364 g/mol. The van der Waals surface area contributed by atoms with Crippen LogP contribution in [0.1, 0.15) is 16.8 Å². The van der Waals surface area contributed by atoms with E-state index < -0.39 is 0 Å². The minimum Gasteiger partial charge on any atom is -0.491 e. The van der Waals surface area contributed by atoms with Crippen LogP contribution in [0.2, 0.25) is 0 Å². The monoisotopic (exact) mass is 364 g/mol. The van der Waals surface area contributed by atoms with Crippen molar-refractivity contribution < 1.29 is 23.9 Å². The van der Waals surface area contributed by atoms with Gasteiger partial charge in [-0.15, -0.1) is 0 Å². The fraction of sp³-hybridized carbons (Fsp3) is 0.471. The van der Waals surface area contributed by atoms with Gasteiger partial charge in [-0.05, 0) is 30.7 Å². The number of rotatable bonds is 6. The summed E-state index contributed by atoms with van der Waals surface area (Å²) in [5, 5.41) is -0.207. The summed E-state index contributed by atoms with van der Waals surface area (Å²) in [6.45, 7) is 1.88. The summed E-state index contributed by atoms with van der Waals surface area (Å²) in [6, 6.07) is 6.73. The lowest BCUT2D eigenvalue weighted by atomic mass is 10.2. The molecule has 25 heavy (non-hydrogen) atoms. The highest BCUT2D eigenvalue weighted by molar-refractivity contribution is 8.14. The van der Waals surface area contributed by atoms with Crippen molar-refractivity contribution in [2.75, 3.05) is 39.2 Å². The number of carbonyl (C=O) groups is 3. The van der Waals surface area contributed by atoms with Gasteiger partial charge in [0.2, 0.25) is 5.91 Å². The van der Waals surface area contributed by atoms with Gasteiger partial charge < -0.3 is 14.4 Å². The standard InChI is InChI=1S/C17H20N2O5S/c1-23-8-9-24-14-4-2-12(3-5-14)16(21)18-7-6-13(10-18)19-15(20)11-25-17(19)22/h2-5,13H,6-11H2,1H3. The van der Waals surface area contributed by atoms with E-state index in [-0.39, 0.29) is 28.8 Å². The maximum absolute atomic E-state index is 12.6. The lowest BCUT2D eigenvalue weighted by Crippen LogP contribution is -2.41. The highest BCUT2D eigenvalue weighted by atomic mass is 32.2. The first-order valence-corrected chi connectivity index (χ1v) is 9.08.